The van der Waals surface area contributed by atoms with Crippen molar-refractivity contribution in [3.8, 4) is 0 Å². The van der Waals surface area contributed by atoms with Crippen LogP contribution in [0.15, 0.2) is 36.5 Å². The lowest BCUT2D eigenvalue weighted by Gasteiger charge is -2.31. The maximum absolute atomic E-state index is 13.2. The molecule has 1 fully saturated rings. The van der Waals surface area contributed by atoms with Gasteiger partial charge in [0.05, 0.1) is 6.61 Å². The first-order valence-corrected chi connectivity index (χ1v) is 9.13. The Bertz CT molecular complexity index is 840. The van der Waals surface area contributed by atoms with E-state index in [1.165, 1.54) is 30.5 Å². The maximum atomic E-state index is 13.2. The van der Waals surface area contributed by atoms with E-state index >= 15 is 0 Å². The summed E-state index contributed by atoms with van der Waals surface area (Å²) in [6, 6.07) is 7.22. The van der Waals surface area contributed by atoms with E-state index in [-0.39, 0.29) is 17.8 Å². The van der Waals surface area contributed by atoms with Crippen LogP contribution in [-0.2, 0) is 4.74 Å². The van der Waals surface area contributed by atoms with Crippen LogP contribution in [0.25, 0.3) is 0 Å². The quantitative estimate of drug-likeness (QED) is 0.819. The lowest BCUT2D eigenvalue weighted by molar-refractivity contribution is 0.0980. The van der Waals surface area contributed by atoms with E-state index in [4.69, 9.17) is 4.74 Å². The first kappa shape index (κ1) is 19.5. The molecule has 1 aliphatic heterocycles. The first-order chi connectivity index (χ1) is 13.5. The standard InChI is InChI=1S/C19H22FN5O3/c1-2-28-19(27)25-10-7-14(8-11-25)23-18-21-9-6-16(24-18)17(26)22-15-5-3-4-13(20)12-15/h3-6,9,12,14H,2,7-8,10-11H2,1H3,(H,22,26)(H,21,23,24). The molecule has 2 amide bonds. The number of aromatic nitrogens is 2. The van der Waals surface area contributed by atoms with E-state index in [0.29, 0.717) is 31.3 Å². The normalized spacial score (nSPS) is 14.4. The number of amides is 2. The average molecular weight is 387 g/mol. The molecule has 28 heavy (non-hydrogen) atoms. The molecule has 8 nitrogen and oxygen atoms in total. The Hall–Kier alpha value is -3.23. The highest BCUT2D eigenvalue weighted by molar-refractivity contribution is 6.02. The summed E-state index contributed by atoms with van der Waals surface area (Å²) >= 11 is 0. The maximum Gasteiger partial charge on any atom is 0.409 e. The van der Waals surface area contributed by atoms with Gasteiger partial charge in [0.25, 0.3) is 5.91 Å². The fourth-order valence-corrected chi connectivity index (χ4v) is 2.92. The summed E-state index contributed by atoms with van der Waals surface area (Å²) in [5.74, 6) is -0.549. The summed E-state index contributed by atoms with van der Waals surface area (Å²) in [6.07, 6.45) is 2.64. The summed E-state index contributed by atoms with van der Waals surface area (Å²) in [5, 5.41) is 5.80. The average Bonchev–Trinajstić information content (AvgIpc) is 2.69. The number of hydrogen-bond acceptors (Lipinski definition) is 6. The third-order valence-corrected chi connectivity index (χ3v) is 4.32. The monoisotopic (exact) mass is 387 g/mol. The molecule has 2 N–H and O–H groups in total. The van der Waals surface area contributed by atoms with Gasteiger partial charge in [-0.3, -0.25) is 4.79 Å². The highest BCUT2D eigenvalue weighted by atomic mass is 19.1. The van der Waals surface area contributed by atoms with Gasteiger partial charge in [0.15, 0.2) is 0 Å². The number of halogens is 1. The van der Waals surface area contributed by atoms with Crippen molar-refractivity contribution in [3.63, 3.8) is 0 Å². The van der Waals surface area contributed by atoms with Crippen LogP contribution in [0.2, 0.25) is 0 Å². The molecule has 0 aliphatic carbocycles. The Morgan fingerprint density at radius 3 is 2.79 bits per heavy atom. The van der Waals surface area contributed by atoms with Crippen molar-refractivity contribution in [2.45, 2.75) is 25.8 Å². The molecule has 3 rings (SSSR count). The van der Waals surface area contributed by atoms with Gasteiger partial charge in [-0.05, 0) is 44.0 Å². The summed E-state index contributed by atoms with van der Waals surface area (Å²) in [6.45, 7) is 3.29. The Kier molecular flexibility index (Phi) is 6.36. The van der Waals surface area contributed by atoms with Gasteiger partial charge in [0, 0.05) is 31.0 Å². The lowest BCUT2D eigenvalue weighted by atomic mass is 10.1. The molecule has 0 bridgehead atoms. The van der Waals surface area contributed by atoms with E-state index in [1.807, 2.05) is 0 Å². The van der Waals surface area contributed by atoms with Crippen molar-refractivity contribution in [1.82, 2.24) is 14.9 Å². The number of likely N-dealkylation sites (tertiary alicyclic amines) is 1. The van der Waals surface area contributed by atoms with Gasteiger partial charge in [-0.2, -0.15) is 0 Å². The zero-order valence-corrected chi connectivity index (χ0v) is 15.5. The van der Waals surface area contributed by atoms with Crippen molar-refractivity contribution in [2.75, 3.05) is 30.3 Å². The molecule has 0 unspecified atom stereocenters. The molecule has 2 aromatic rings. The molecule has 0 saturated carbocycles. The van der Waals surface area contributed by atoms with Gasteiger partial charge in [-0.15, -0.1) is 0 Å². The Labute approximate surface area is 162 Å². The fourth-order valence-electron chi connectivity index (χ4n) is 2.92. The van der Waals surface area contributed by atoms with Crippen LogP contribution in [0.3, 0.4) is 0 Å². The number of carbonyl (C=O) groups is 2. The van der Waals surface area contributed by atoms with Gasteiger partial charge < -0.3 is 20.3 Å². The highest BCUT2D eigenvalue weighted by Crippen LogP contribution is 2.16. The van der Waals surface area contributed by atoms with Crippen molar-refractivity contribution in [3.05, 3.63) is 48.0 Å². The summed E-state index contributed by atoms with van der Waals surface area (Å²) in [4.78, 5) is 34.1. The van der Waals surface area contributed by atoms with Gasteiger partial charge in [0.1, 0.15) is 11.5 Å². The van der Waals surface area contributed by atoms with Crippen LogP contribution in [-0.4, -0.2) is 52.6 Å². The van der Waals surface area contributed by atoms with Crippen molar-refractivity contribution in [2.24, 2.45) is 0 Å². The number of piperidine rings is 1. The van der Waals surface area contributed by atoms with E-state index in [0.717, 1.165) is 12.8 Å². The molecule has 0 radical (unpaired) electrons. The number of rotatable bonds is 5. The topological polar surface area (TPSA) is 96.5 Å². The molecule has 1 aromatic carbocycles. The Morgan fingerprint density at radius 1 is 1.29 bits per heavy atom. The van der Waals surface area contributed by atoms with Crippen molar-refractivity contribution >= 4 is 23.6 Å². The minimum atomic E-state index is -0.451. The van der Waals surface area contributed by atoms with E-state index in [1.54, 1.807) is 17.9 Å². The zero-order chi connectivity index (χ0) is 19.9. The first-order valence-electron chi connectivity index (χ1n) is 9.13. The molecule has 1 saturated heterocycles. The number of carbonyl (C=O) groups excluding carboxylic acids is 2. The predicted octanol–water partition coefficient (Wildman–Crippen LogP) is 2.90. The number of benzene rings is 1. The highest BCUT2D eigenvalue weighted by Gasteiger charge is 2.24. The number of nitrogens with one attached hydrogen (secondary N) is 2. The van der Waals surface area contributed by atoms with Gasteiger partial charge in [-0.1, -0.05) is 6.07 Å². The van der Waals surface area contributed by atoms with E-state index in [9.17, 15) is 14.0 Å². The summed E-state index contributed by atoms with van der Waals surface area (Å²) in [7, 11) is 0. The lowest BCUT2D eigenvalue weighted by Crippen LogP contribution is -2.42. The van der Waals surface area contributed by atoms with Crippen molar-refractivity contribution in [1.29, 1.82) is 0 Å². The van der Waals surface area contributed by atoms with E-state index < -0.39 is 11.7 Å². The zero-order valence-electron chi connectivity index (χ0n) is 15.5. The molecule has 2 heterocycles. The van der Waals surface area contributed by atoms with Gasteiger partial charge >= 0.3 is 6.09 Å². The van der Waals surface area contributed by atoms with E-state index in [2.05, 4.69) is 20.6 Å². The largest absolute Gasteiger partial charge is 0.450 e. The molecule has 0 atom stereocenters. The number of anilines is 2. The minimum absolute atomic E-state index is 0.0900. The van der Waals surface area contributed by atoms with Crippen LogP contribution in [0, 0.1) is 5.82 Å². The molecule has 1 aromatic heterocycles. The smallest absolute Gasteiger partial charge is 0.409 e. The van der Waals surface area contributed by atoms with Crippen LogP contribution in [0.1, 0.15) is 30.3 Å². The Balaban J connectivity index is 1.56. The minimum Gasteiger partial charge on any atom is -0.450 e. The van der Waals surface area contributed by atoms with Gasteiger partial charge in [0.2, 0.25) is 5.95 Å². The fraction of sp³-hybridized carbons (Fsp3) is 0.368. The van der Waals surface area contributed by atoms with Crippen LogP contribution >= 0.6 is 0 Å². The van der Waals surface area contributed by atoms with Gasteiger partial charge in [-0.25, -0.2) is 19.2 Å². The molecule has 0 spiro atoms. The molecular formula is C19H22FN5O3. The molecule has 1 aliphatic rings. The summed E-state index contributed by atoms with van der Waals surface area (Å²) in [5.41, 5.74) is 0.523. The second kappa shape index (κ2) is 9.12. The molecule has 148 valence electrons. The second-order valence-electron chi connectivity index (χ2n) is 6.33. The predicted molar refractivity (Wildman–Crippen MR) is 102 cm³/mol. The number of nitrogens with zero attached hydrogens (tertiary/aromatic N) is 3. The third kappa shape index (κ3) is 5.15. The van der Waals surface area contributed by atoms with Crippen LogP contribution in [0.5, 0.6) is 0 Å². The number of hydrogen-bond donors (Lipinski definition) is 2. The van der Waals surface area contributed by atoms with Crippen LogP contribution in [0.4, 0.5) is 20.8 Å². The molecule has 9 heteroatoms. The second-order valence-corrected chi connectivity index (χ2v) is 6.33. The van der Waals surface area contributed by atoms with Crippen LogP contribution < -0.4 is 10.6 Å². The SMILES string of the molecule is CCOC(=O)N1CCC(Nc2nccc(C(=O)Nc3cccc(F)c3)n2)CC1. The summed E-state index contributed by atoms with van der Waals surface area (Å²) < 4.78 is 18.3. The van der Waals surface area contributed by atoms with Crippen molar-refractivity contribution < 1.29 is 18.7 Å². The Morgan fingerprint density at radius 2 is 2.07 bits per heavy atom. The number of ether oxygens (including phenoxy) is 1. The third-order valence-electron chi connectivity index (χ3n) is 4.32. The molecular weight excluding hydrogens is 365 g/mol.